The number of aromatic hydroxyl groups is 1. The van der Waals surface area contributed by atoms with E-state index in [1.165, 1.54) is 5.39 Å². The first-order valence-corrected chi connectivity index (χ1v) is 10.9. The van der Waals surface area contributed by atoms with Crippen LogP contribution in [0.3, 0.4) is 0 Å². The lowest BCUT2D eigenvalue weighted by molar-refractivity contribution is -0.118. The molecule has 4 heteroatoms. The SMILES string of the molecule is CCOc1cc([C@H]2Nc3c(ccc4ccccc34)C3=C2C(=O)CC(C)(C)C3)ccc1O. The van der Waals surface area contributed by atoms with Crippen LogP contribution in [0.2, 0.25) is 0 Å². The van der Waals surface area contributed by atoms with Gasteiger partial charge in [-0.25, -0.2) is 0 Å². The van der Waals surface area contributed by atoms with Gasteiger partial charge in [-0.15, -0.1) is 0 Å². The predicted molar refractivity (Wildman–Crippen MR) is 125 cm³/mol. The maximum absolute atomic E-state index is 13.4. The smallest absolute Gasteiger partial charge is 0.162 e. The molecule has 0 unspecified atom stereocenters. The van der Waals surface area contributed by atoms with Gasteiger partial charge >= 0.3 is 0 Å². The highest BCUT2D eigenvalue weighted by molar-refractivity contribution is 6.12. The summed E-state index contributed by atoms with van der Waals surface area (Å²) in [4.78, 5) is 13.4. The van der Waals surface area contributed by atoms with Crippen LogP contribution in [-0.2, 0) is 4.79 Å². The number of rotatable bonds is 3. The van der Waals surface area contributed by atoms with E-state index in [1.54, 1.807) is 6.07 Å². The number of ether oxygens (including phenoxy) is 1. The second-order valence-electron chi connectivity index (χ2n) is 9.28. The van der Waals surface area contributed by atoms with E-state index in [0.29, 0.717) is 18.8 Å². The van der Waals surface area contributed by atoms with Gasteiger partial charge in [0, 0.05) is 22.9 Å². The molecule has 0 radical (unpaired) electrons. The van der Waals surface area contributed by atoms with Crippen molar-refractivity contribution in [3.05, 3.63) is 71.3 Å². The molecule has 0 saturated heterocycles. The minimum Gasteiger partial charge on any atom is -0.504 e. The number of Topliss-reactive ketones (excluding diaryl/α,β-unsaturated/α-hetero) is 1. The fraction of sp³-hybridized carbons (Fsp3) is 0.296. The van der Waals surface area contributed by atoms with Gasteiger partial charge in [0.1, 0.15) is 0 Å². The van der Waals surface area contributed by atoms with Crippen molar-refractivity contribution >= 4 is 27.8 Å². The Hall–Kier alpha value is -3.27. The Morgan fingerprint density at radius 1 is 1.10 bits per heavy atom. The van der Waals surface area contributed by atoms with Crippen molar-refractivity contribution in [2.45, 2.75) is 39.7 Å². The summed E-state index contributed by atoms with van der Waals surface area (Å²) in [5, 5.41) is 16.2. The molecule has 2 N–H and O–H groups in total. The number of hydrogen-bond donors (Lipinski definition) is 2. The third kappa shape index (κ3) is 3.27. The number of allylic oxidation sites excluding steroid dienone is 1. The lowest BCUT2D eigenvalue weighted by Gasteiger charge is -2.40. The van der Waals surface area contributed by atoms with Crippen molar-refractivity contribution in [1.29, 1.82) is 0 Å². The molecule has 158 valence electrons. The zero-order valence-corrected chi connectivity index (χ0v) is 18.2. The van der Waals surface area contributed by atoms with Gasteiger partial charge in [-0.1, -0.05) is 56.3 Å². The normalized spacial score (nSPS) is 19.6. The van der Waals surface area contributed by atoms with Gasteiger partial charge in [-0.2, -0.15) is 0 Å². The standard InChI is InChI=1S/C27H27NO3/c1-4-31-23-13-17(10-12-21(23)29)25-24-20(14-27(2,3)15-22(24)30)19-11-9-16-7-5-6-8-18(16)26(19)28-25/h5-13,25,28-29H,4,14-15H2,1-3H3/t25-/m1/s1. The number of carbonyl (C=O) groups is 1. The van der Waals surface area contributed by atoms with Gasteiger partial charge in [0.2, 0.25) is 0 Å². The van der Waals surface area contributed by atoms with Crippen molar-refractivity contribution in [1.82, 2.24) is 0 Å². The molecule has 0 spiro atoms. The van der Waals surface area contributed by atoms with Gasteiger partial charge in [-0.3, -0.25) is 4.79 Å². The summed E-state index contributed by atoms with van der Waals surface area (Å²) in [6.45, 7) is 6.69. The Labute approximate surface area is 182 Å². The monoisotopic (exact) mass is 413 g/mol. The number of carbonyl (C=O) groups excluding carboxylic acids is 1. The van der Waals surface area contributed by atoms with Crippen molar-refractivity contribution in [3.63, 3.8) is 0 Å². The lowest BCUT2D eigenvalue weighted by Crippen LogP contribution is -2.33. The van der Waals surface area contributed by atoms with E-state index in [2.05, 4.69) is 43.4 Å². The molecule has 0 amide bonds. The molecule has 0 fully saturated rings. The number of phenols is 1. The maximum atomic E-state index is 13.4. The Kier molecular flexibility index (Phi) is 4.54. The van der Waals surface area contributed by atoms with Gasteiger partial charge in [0.15, 0.2) is 17.3 Å². The van der Waals surface area contributed by atoms with Crippen molar-refractivity contribution < 1.29 is 14.6 Å². The van der Waals surface area contributed by atoms with E-state index >= 15 is 0 Å². The summed E-state index contributed by atoms with van der Waals surface area (Å²) in [5.41, 5.74) is 5.01. The van der Waals surface area contributed by atoms with Crippen molar-refractivity contribution in [3.8, 4) is 11.5 Å². The van der Waals surface area contributed by atoms with Crippen LogP contribution in [0.4, 0.5) is 5.69 Å². The van der Waals surface area contributed by atoms with Crippen molar-refractivity contribution in [2.24, 2.45) is 5.41 Å². The highest BCUT2D eigenvalue weighted by Gasteiger charge is 2.40. The molecule has 2 aliphatic rings. The molecule has 31 heavy (non-hydrogen) atoms. The molecule has 4 nitrogen and oxygen atoms in total. The van der Waals surface area contributed by atoms with Crippen LogP contribution in [0.15, 0.2) is 60.2 Å². The van der Waals surface area contributed by atoms with Crippen LogP contribution in [0.5, 0.6) is 11.5 Å². The number of benzene rings is 3. The molecule has 1 atom stereocenters. The van der Waals surface area contributed by atoms with Crippen LogP contribution in [0.25, 0.3) is 16.3 Å². The number of nitrogens with one attached hydrogen (secondary N) is 1. The summed E-state index contributed by atoms with van der Waals surface area (Å²) < 4.78 is 5.63. The number of ketones is 1. The van der Waals surface area contributed by atoms with Crippen LogP contribution in [0, 0.1) is 5.41 Å². The molecule has 1 aliphatic heterocycles. The van der Waals surface area contributed by atoms with E-state index in [1.807, 2.05) is 31.2 Å². The van der Waals surface area contributed by atoms with Gasteiger partial charge < -0.3 is 15.2 Å². The first kappa shape index (κ1) is 19.7. The number of anilines is 1. The number of hydrogen-bond acceptors (Lipinski definition) is 4. The molecule has 0 bridgehead atoms. The number of phenolic OH excluding ortho intramolecular Hbond substituents is 1. The minimum absolute atomic E-state index is 0.0772. The quantitative estimate of drug-likeness (QED) is 0.532. The summed E-state index contributed by atoms with van der Waals surface area (Å²) in [7, 11) is 0. The summed E-state index contributed by atoms with van der Waals surface area (Å²) in [5.74, 6) is 0.738. The second-order valence-corrected chi connectivity index (χ2v) is 9.28. The lowest BCUT2D eigenvalue weighted by atomic mass is 9.68. The van der Waals surface area contributed by atoms with E-state index in [0.717, 1.165) is 39.8 Å². The Bertz CT molecular complexity index is 1240. The summed E-state index contributed by atoms with van der Waals surface area (Å²) in [6.07, 6.45) is 1.39. The van der Waals surface area contributed by atoms with E-state index in [9.17, 15) is 9.90 Å². The van der Waals surface area contributed by atoms with E-state index in [-0.39, 0.29) is 23.0 Å². The molecule has 3 aromatic carbocycles. The fourth-order valence-electron chi connectivity index (χ4n) is 5.04. The maximum Gasteiger partial charge on any atom is 0.162 e. The third-order valence-electron chi connectivity index (χ3n) is 6.37. The highest BCUT2D eigenvalue weighted by atomic mass is 16.5. The van der Waals surface area contributed by atoms with Crippen molar-refractivity contribution in [2.75, 3.05) is 11.9 Å². The Balaban J connectivity index is 1.75. The highest BCUT2D eigenvalue weighted by Crippen LogP contribution is 2.52. The van der Waals surface area contributed by atoms with Gasteiger partial charge in [0.25, 0.3) is 0 Å². The van der Waals surface area contributed by atoms with E-state index < -0.39 is 0 Å². The van der Waals surface area contributed by atoms with Crippen LogP contribution < -0.4 is 10.1 Å². The summed E-state index contributed by atoms with van der Waals surface area (Å²) >= 11 is 0. The second kappa shape index (κ2) is 7.16. The molecule has 0 saturated carbocycles. The van der Waals surface area contributed by atoms with Gasteiger partial charge in [0.05, 0.1) is 18.3 Å². The zero-order valence-electron chi connectivity index (χ0n) is 18.2. The van der Waals surface area contributed by atoms with Crippen LogP contribution in [0.1, 0.15) is 50.8 Å². The molecule has 1 aliphatic carbocycles. The fourth-order valence-corrected chi connectivity index (χ4v) is 5.04. The Morgan fingerprint density at radius 2 is 1.90 bits per heavy atom. The zero-order chi connectivity index (χ0) is 21.8. The van der Waals surface area contributed by atoms with Crippen LogP contribution >= 0.6 is 0 Å². The molecule has 0 aromatic heterocycles. The minimum atomic E-state index is -0.281. The van der Waals surface area contributed by atoms with Crippen LogP contribution in [-0.4, -0.2) is 17.5 Å². The van der Waals surface area contributed by atoms with E-state index in [4.69, 9.17) is 4.74 Å². The molecule has 5 rings (SSSR count). The average Bonchev–Trinajstić information content (AvgIpc) is 2.74. The first-order chi connectivity index (χ1) is 14.9. The Morgan fingerprint density at radius 3 is 2.71 bits per heavy atom. The number of fused-ring (bicyclic) bond motifs is 4. The topological polar surface area (TPSA) is 58.6 Å². The third-order valence-corrected chi connectivity index (χ3v) is 6.37. The average molecular weight is 414 g/mol. The molecular weight excluding hydrogens is 386 g/mol. The van der Waals surface area contributed by atoms with Gasteiger partial charge in [-0.05, 0) is 47.4 Å². The predicted octanol–water partition coefficient (Wildman–Crippen LogP) is 6.25. The first-order valence-electron chi connectivity index (χ1n) is 10.9. The molecule has 1 heterocycles. The summed E-state index contributed by atoms with van der Waals surface area (Å²) in [6, 6.07) is 17.7. The molecular formula is C27H27NO3. The molecule has 3 aromatic rings. The largest absolute Gasteiger partial charge is 0.504 e.